The Labute approximate surface area is 129 Å². The minimum absolute atomic E-state index is 0.161. The Balaban J connectivity index is 2.18. The first-order valence-electron chi connectivity index (χ1n) is 7.11. The summed E-state index contributed by atoms with van der Waals surface area (Å²) in [6, 6.07) is 3.17. The second-order valence-corrected chi connectivity index (χ2v) is 7.56. The lowest BCUT2D eigenvalue weighted by atomic mass is 9.84. The van der Waals surface area contributed by atoms with Gasteiger partial charge in [0, 0.05) is 17.6 Å². The number of nitrogens with two attached hydrogens (primary N) is 1. The maximum absolute atomic E-state index is 13.8. The quantitative estimate of drug-likeness (QED) is 0.869. The predicted molar refractivity (Wildman–Crippen MR) is 81.1 cm³/mol. The zero-order valence-electron chi connectivity index (χ0n) is 11.7. The summed E-state index contributed by atoms with van der Waals surface area (Å²) >= 11 is 5.65. The van der Waals surface area contributed by atoms with Gasteiger partial charge in [-0.1, -0.05) is 30.9 Å². The van der Waals surface area contributed by atoms with Crippen LogP contribution in [0.15, 0.2) is 23.1 Å². The molecule has 1 aliphatic rings. The van der Waals surface area contributed by atoms with Crippen molar-refractivity contribution < 1.29 is 12.8 Å². The minimum atomic E-state index is -3.93. The Bertz CT molecular complexity index is 589. The van der Waals surface area contributed by atoms with Crippen LogP contribution in [0.25, 0.3) is 0 Å². The molecule has 0 aliphatic heterocycles. The van der Waals surface area contributed by atoms with Gasteiger partial charge in [0.2, 0.25) is 10.0 Å². The highest BCUT2D eigenvalue weighted by molar-refractivity contribution is 7.89. The van der Waals surface area contributed by atoms with Gasteiger partial charge < -0.3 is 5.73 Å². The Morgan fingerprint density at radius 1 is 1.33 bits per heavy atom. The summed E-state index contributed by atoms with van der Waals surface area (Å²) in [5, 5.41) is 0.161. The number of hydrogen-bond donors (Lipinski definition) is 2. The Kier molecular flexibility index (Phi) is 5.60. The fraction of sp³-hybridized carbons (Fsp3) is 0.571. The van der Waals surface area contributed by atoms with Gasteiger partial charge in [-0.05, 0) is 37.0 Å². The number of hydrogen-bond acceptors (Lipinski definition) is 3. The summed E-state index contributed by atoms with van der Waals surface area (Å²) < 4.78 is 41.0. The molecule has 1 atom stereocenters. The molecule has 1 saturated carbocycles. The molecule has 21 heavy (non-hydrogen) atoms. The molecule has 1 fully saturated rings. The summed E-state index contributed by atoms with van der Waals surface area (Å²) in [6.45, 7) is 0.207. The van der Waals surface area contributed by atoms with E-state index in [0.717, 1.165) is 31.7 Å². The van der Waals surface area contributed by atoms with E-state index in [1.165, 1.54) is 18.6 Å². The van der Waals surface area contributed by atoms with Crippen molar-refractivity contribution in [3.8, 4) is 0 Å². The number of rotatable bonds is 5. The molecule has 0 saturated heterocycles. The van der Waals surface area contributed by atoms with E-state index < -0.39 is 15.8 Å². The monoisotopic (exact) mass is 334 g/mol. The van der Waals surface area contributed by atoms with Gasteiger partial charge in [0.15, 0.2) is 0 Å². The molecule has 3 N–H and O–H groups in total. The van der Waals surface area contributed by atoms with Crippen molar-refractivity contribution in [1.82, 2.24) is 4.72 Å². The molecule has 4 nitrogen and oxygen atoms in total. The van der Waals surface area contributed by atoms with E-state index >= 15 is 0 Å². The van der Waals surface area contributed by atoms with Gasteiger partial charge in [-0.3, -0.25) is 0 Å². The first kappa shape index (κ1) is 16.7. The summed E-state index contributed by atoms with van der Waals surface area (Å²) in [7, 11) is -3.93. The topological polar surface area (TPSA) is 72.2 Å². The van der Waals surface area contributed by atoms with Crippen LogP contribution >= 0.6 is 11.6 Å². The van der Waals surface area contributed by atoms with Gasteiger partial charge in [0.05, 0.1) is 0 Å². The van der Waals surface area contributed by atoms with E-state index in [2.05, 4.69) is 4.72 Å². The van der Waals surface area contributed by atoms with E-state index in [1.54, 1.807) is 0 Å². The molecule has 0 amide bonds. The van der Waals surface area contributed by atoms with E-state index in [-0.39, 0.29) is 28.4 Å². The molecular weight excluding hydrogens is 315 g/mol. The lowest BCUT2D eigenvalue weighted by Crippen LogP contribution is -2.46. The zero-order chi connectivity index (χ0) is 15.5. The average Bonchev–Trinajstić information content (AvgIpc) is 2.45. The molecule has 0 radical (unpaired) electrons. The van der Waals surface area contributed by atoms with Crippen LogP contribution in [-0.4, -0.2) is 21.0 Å². The molecular formula is C14H20ClFN2O2S. The van der Waals surface area contributed by atoms with Crippen molar-refractivity contribution in [2.75, 3.05) is 6.54 Å². The van der Waals surface area contributed by atoms with Gasteiger partial charge in [-0.25, -0.2) is 17.5 Å². The van der Waals surface area contributed by atoms with Crippen LogP contribution in [-0.2, 0) is 10.0 Å². The molecule has 0 bridgehead atoms. The molecule has 0 unspecified atom stereocenters. The Morgan fingerprint density at radius 3 is 2.57 bits per heavy atom. The van der Waals surface area contributed by atoms with E-state index in [4.69, 9.17) is 17.3 Å². The van der Waals surface area contributed by atoms with Crippen molar-refractivity contribution in [1.29, 1.82) is 0 Å². The summed E-state index contributed by atoms with van der Waals surface area (Å²) in [4.78, 5) is -0.388. The zero-order valence-corrected chi connectivity index (χ0v) is 13.3. The van der Waals surface area contributed by atoms with Crippen LogP contribution in [0.1, 0.15) is 32.1 Å². The first-order chi connectivity index (χ1) is 9.94. The molecule has 1 aliphatic carbocycles. The minimum Gasteiger partial charge on any atom is -0.329 e. The molecule has 0 heterocycles. The summed E-state index contributed by atoms with van der Waals surface area (Å²) in [5.74, 6) is -0.636. The number of nitrogens with one attached hydrogen (secondary N) is 1. The van der Waals surface area contributed by atoms with Crippen LogP contribution in [0.3, 0.4) is 0 Å². The van der Waals surface area contributed by atoms with Crippen molar-refractivity contribution in [3.63, 3.8) is 0 Å². The third-order valence-electron chi connectivity index (χ3n) is 3.96. The second-order valence-electron chi connectivity index (χ2n) is 5.44. The van der Waals surface area contributed by atoms with Crippen LogP contribution in [0.5, 0.6) is 0 Å². The highest BCUT2D eigenvalue weighted by Crippen LogP contribution is 2.27. The number of halogens is 2. The third kappa shape index (κ3) is 4.16. The molecule has 0 spiro atoms. The highest BCUT2D eigenvalue weighted by atomic mass is 35.5. The highest BCUT2D eigenvalue weighted by Gasteiger charge is 2.28. The normalized spacial score (nSPS) is 18.6. The fourth-order valence-electron chi connectivity index (χ4n) is 2.83. The van der Waals surface area contributed by atoms with Crippen molar-refractivity contribution in [3.05, 3.63) is 29.0 Å². The third-order valence-corrected chi connectivity index (χ3v) is 5.72. The SMILES string of the molecule is NC[C@H](NS(=O)(=O)c1ccc(Cl)cc1F)C1CCCCC1. The maximum Gasteiger partial charge on any atom is 0.243 e. The number of sulfonamides is 1. The average molecular weight is 335 g/mol. The van der Waals surface area contributed by atoms with E-state index in [0.29, 0.717) is 0 Å². The number of benzene rings is 1. The lowest BCUT2D eigenvalue weighted by molar-refractivity contribution is 0.294. The van der Waals surface area contributed by atoms with Crippen LogP contribution in [0.2, 0.25) is 5.02 Å². The smallest absolute Gasteiger partial charge is 0.243 e. The van der Waals surface area contributed by atoms with Crippen molar-refractivity contribution in [2.24, 2.45) is 11.7 Å². The van der Waals surface area contributed by atoms with Gasteiger partial charge in [-0.15, -0.1) is 0 Å². The summed E-state index contributed by atoms with van der Waals surface area (Å²) in [6.07, 6.45) is 5.24. The first-order valence-corrected chi connectivity index (χ1v) is 8.97. The van der Waals surface area contributed by atoms with Gasteiger partial charge >= 0.3 is 0 Å². The van der Waals surface area contributed by atoms with E-state index in [9.17, 15) is 12.8 Å². The maximum atomic E-state index is 13.8. The van der Waals surface area contributed by atoms with Crippen LogP contribution in [0, 0.1) is 11.7 Å². The predicted octanol–water partition coefficient (Wildman–Crippen LogP) is 2.67. The molecule has 2 rings (SSSR count). The van der Waals surface area contributed by atoms with Gasteiger partial charge in [0.25, 0.3) is 0 Å². The summed E-state index contributed by atoms with van der Waals surface area (Å²) in [5.41, 5.74) is 5.71. The molecule has 0 aromatic heterocycles. The Morgan fingerprint density at radius 2 is 2.00 bits per heavy atom. The molecule has 118 valence electrons. The van der Waals surface area contributed by atoms with Crippen molar-refractivity contribution in [2.45, 2.75) is 43.0 Å². The largest absolute Gasteiger partial charge is 0.329 e. The molecule has 1 aromatic carbocycles. The van der Waals surface area contributed by atoms with Gasteiger partial charge in [0.1, 0.15) is 10.7 Å². The second kappa shape index (κ2) is 7.05. The van der Waals surface area contributed by atoms with E-state index in [1.807, 2.05) is 0 Å². The standard InChI is InChI=1S/C14H20ClFN2O2S/c15-11-6-7-14(12(16)8-11)21(19,20)18-13(9-17)10-4-2-1-3-5-10/h6-8,10,13,18H,1-5,9,17H2/t13-/m0/s1. The van der Waals surface area contributed by atoms with Gasteiger partial charge in [-0.2, -0.15) is 0 Å². The van der Waals surface area contributed by atoms with Crippen LogP contribution < -0.4 is 10.5 Å². The van der Waals surface area contributed by atoms with Crippen molar-refractivity contribution >= 4 is 21.6 Å². The lowest BCUT2D eigenvalue weighted by Gasteiger charge is -2.29. The van der Waals surface area contributed by atoms with Crippen LogP contribution in [0.4, 0.5) is 4.39 Å². The Hall–Kier alpha value is -0.690. The molecule has 1 aromatic rings. The molecule has 7 heteroatoms. The fourth-order valence-corrected chi connectivity index (χ4v) is 4.37.